The molecular weight excluding hydrogens is 958 g/mol. The van der Waals surface area contributed by atoms with Crippen LogP contribution in [0.2, 0.25) is 0 Å². The fraction of sp³-hybridized carbons (Fsp3) is 0.537. The fourth-order valence-corrected chi connectivity index (χ4v) is 8.40. The second-order valence-electron chi connectivity index (χ2n) is 19.2. The lowest BCUT2D eigenvalue weighted by atomic mass is 10.0. The van der Waals surface area contributed by atoms with Crippen LogP contribution in [0.15, 0.2) is 91.0 Å². The molecule has 5 fully saturated rings. The topological polar surface area (TPSA) is 103 Å². The Balaban J connectivity index is 0.000000283. The van der Waals surface area contributed by atoms with Gasteiger partial charge >= 0.3 is 0 Å². The molecule has 1 spiro atoms. The van der Waals surface area contributed by atoms with Crippen molar-refractivity contribution in [2.24, 2.45) is 0 Å². The van der Waals surface area contributed by atoms with E-state index in [1.54, 1.807) is 18.8 Å². The van der Waals surface area contributed by atoms with Gasteiger partial charge < -0.3 is 48.7 Å². The molecule has 2 atom stereocenters. The summed E-state index contributed by atoms with van der Waals surface area (Å²) in [6.45, 7) is 11.1. The minimum Gasteiger partial charge on any atom is -1.00 e. The average molecular weight is 1040 g/mol. The van der Waals surface area contributed by atoms with E-state index < -0.39 is 15.5 Å². The number of likely N-dealkylation sites (N-methyl/N-ethyl adjacent to an activating group) is 2. The molecule has 66 heavy (non-hydrogen) atoms. The molecule has 0 amide bonds. The number of β-amino-alcohol motifs (C(OH)–C–C–N with tert-alkyl or cyclic N) is 1. The maximum absolute atomic E-state index is 11.0. The summed E-state index contributed by atoms with van der Waals surface area (Å²) in [5, 5.41) is 20.2. The summed E-state index contributed by atoms with van der Waals surface area (Å²) < 4.78 is 15.7. The van der Waals surface area contributed by atoms with E-state index in [1.807, 2.05) is 52.5 Å². The molecule has 1 saturated carbocycles. The molecule has 4 heterocycles. The Morgan fingerprint density at radius 1 is 0.636 bits per heavy atom. The van der Waals surface area contributed by atoms with E-state index in [1.165, 1.54) is 42.5 Å². The zero-order valence-electron chi connectivity index (χ0n) is 40.9. The van der Waals surface area contributed by atoms with E-state index in [2.05, 4.69) is 115 Å². The standard InChI is InChI=1S/C14H22N2O.C12H15NO.C11H13NO.C8H17NO.C6H2.C3H9OS.HI/c1-15(2)11-14(17)8-9-16(12-14)10-13-6-4-3-5-7-13;1-2-4-11(5-3-1)8-13-7-6-12(9-13)10-14-12;13-11-6-7-12(9-11)8-10-4-2-1-3-5-10;1-9(2)7-8(10)5-3-4-6-8;1-3-5-6-4-2;1-5(2,3)4;/h3-7,17H,8-12H2,1-2H3;1-5H,6-10H2;1-5H,6-9H2;10H,3-7H2,1-2H3;1-2H;1-3H3;1H/q;;;;;+1;/p-1. The number of epoxide rings is 1. The summed E-state index contributed by atoms with van der Waals surface area (Å²) in [5.74, 6) is 8.98. The Morgan fingerprint density at radius 3 is 1.39 bits per heavy atom. The maximum Gasteiger partial charge on any atom is 0.148 e. The summed E-state index contributed by atoms with van der Waals surface area (Å²) in [6, 6.07) is 31.4. The van der Waals surface area contributed by atoms with Gasteiger partial charge in [-0.05, 0) is 94.2 Å². The number of hydrogen-bond acceptors (Lipinski definition) is 10. The number of benzene rings is 3. The van der Waals surface area contributed by atoms with Crippen LogP contribution in [0.25, 0.3) is 0 Å². The van der Waals surface area contributed by atoms with E-state index in [9.17, 15) is 19.2 Å². The van der Waals surface area contributed by atoms with E-state index in [0.717, 1.165) is 91.2 Å². The summed E-state index contributed by atoms with van der Waals surface area (Å²) in [6.07, 6.45) is 21.7. The van der Waals surface area contributed by atoms with Crippen molar-refractivity contribution in [3.63, 3.8) is 0 Å². The van der Waals surface area contributed by atoms with Crippen LogP contribution in [-0.2, 0) is 43.3 Å². The smallest absolute Gasteiger partial charge is 0.148 e. The molecule has 12 heteroatoms. The first-order valence-corrected chi connectivity index (χ1v) is 25.6. The quantitative estimate of drug-likeness (QED) is 0.137. The zero-order valence-corrected chi connectivity index (χ0v) is 43.9. The molecule has 1 aliphatic carbocycles. The average Bonchev–Trinajstić information content (AvgIpc) is 3.57. The van der Waals surface area contributed by atoms with Gasteiger partial charge in [-0.25, -0.2) is 0 Å². The largest absolute Gasteiger partial charge is 1.00 e. The fourth-order valence-electron chi connectivity index (χ4n) is 8.40. The number of hydrogen-bond donors (Lipinski definition) is 2. The Bertz CT molecular complexity index is 1990. The molecule has 0 radical (unpaired) electrons. The number of halogens is 1. The maximum atomic E-state index is 11.0. The van der Waals surface area contributed by atoms with Crippen LogP contribution < -0.4 is 24.0 Å². The number of ketones is 1. The van der Waals surface area contributed by atoms with Gasteiger partial charge in [0, 0.05) is 71.9 Å². The zero-order chi connectivity index (χ0) is 47.8. The van der Waals surface area contributed by atoms with Crippen molar-refractivity contribution in [1.29, 1.82) is 0 Å². The molecular formula is C54H78IN5O5S. The van der Waals surface area contributed by atoms with Gasteiger partial charge in [-0.1, -0.05) is 104 Å². The molecule has 362 valence electrons. The number of ether oxygens (including phenoxy) is 1. The number of carbonyl (C=O) groups is 1. The number of aliphatic hydroxyl groups is 2. The highest BCUT2D eigenvalue weighted by atomic mass is 127. The first-order valence-electron chi connectivity index (χ1n) is 22.8. The number of rotatable bonds is 10. The highest BCUT2D eigenvalue weighted by Crippen LogP contribution is 2.37. The van der Waals surface area contributed by atoms with E-state index in [-0.39, 0.29) is 35.2 Å². The SMILES string of the molecule is C#CC#CC#C.CN(C)CC1(O)CCCC1.CN(C)CC1(O)CCN(Cc2ccccc2)C1.C[S+](C)(C)=O.O=C1CCN(Cc2ccccc2)C1.[I-].c1ccc(CN2CCC3(CO3)C2)cc1. The lowest BCUT2D eigenvalue weighted by Crippen LogP contribution is -3.00. The minimum atomic E-state index is -1.42. The molecule has 3 aromatic rings. The number of nitrogens with zero attached hydrogens (tertiary/aromatic N) is 5. The third kappa shape index (κ3) is 26.2. The van der Waals surface area contributed by atoms with E-state index >= 15 is 0 Å². The van der Waals surface area contributed by atoms with Gasteiger partial charge in [-0.15, -0.1) is 17.1 Å². The van der Waals surface area contributed by atoms with Crippen molar-refractivity contribution in [3.05, 3.63) is 108 Å². The van der Waals surface area contributed by atoms with Crippen molar-refractivity contribution >= 4 is 15.7 Å². The van der Waals surface area contributed by atoms with Crippen molar-refractivity contribution in [2.45, 2.75) is 81.4 Å². The summed E-state index contributed by atoms with van der Waals surface area (Å²) in [4.78, 5) is 22.1. The lowest BCUT2D eigenvalue weighted by molar-refractivity contribution is -0.116. The number of terminal acetylenes is 2. The highest BCUT2D eigenvalue weighted by molar-refractivity contribution is 8.00. The van der Waals surface area contributed by atoms with Crippen molar-refractivity contribution in [3.8, 4) is 36.5 Å². The van der Waals surface area contributed by atoms with Gasteiger partial charge in [0.25, 0.3) is 0 Å². The van der Waals surface area contributed by atoms with E-state index in [4.69, 9.17) is 17.6 Å². The van der Waals surface area contributed by atoms with Crippen LogP contribution in [0.1, 0.15) is 61.6 Å². The van der Waals surface area contributed by atoms with Crippen LogP contribution in [0.5, 0.6) is 0 Å². The van der Waals surface area contributed by atoms with Crippen LogP contribution in [-0.4, -0.2) is 163 Å². The number of likely N-dealkylation sites (tertiary alicyclic amines) is 3. The third-order valence-corrected chi connectivity index (χ3v) is 11.2. The molecule has 2 N–H and O–H groups in total. The Hall–Kier alpha value is -3.43. The molecule has 2 unspecified atom stereocenters. The van der Waals surface area contributed by atoms with Gasteiger partial charge in [0.1, 0.15) is 30.2 Å². The second kappa shape index (κ2) is 30.1. The van der Waals surface area contributed by atoms with Gasteiger partial charge in [0.2, 0.25) is 0 Å². The van der Waals surface area contributed by atoms with Crippen molar-refractivity contribution in [2.75, 3.05) is 106 Å². The molecule has 10 nitrogen and oxygen atoms in total. The monoisotopic (exact) mass is 1040 g/mol. The van der Waals surface area contributed by atoms with Gasteiger partial charge in [-0.3, -0.25) is 19.5 Å². The predicted octanol–water partition coefficient (Wildman–Crippen LogP) is 2.80. The number of carbonyl (C=O) groups excluding carboxylic acids is 1. The molecule has 8 rings (SSSR count). The number of Topliss-reactive ketones (excluding diaryl/α,β-unsaturated/α-hetero) is 1. The van der Waals surface area contributed by atoms with Gasteiger partial charge in [0.05, 0.1) is 34.3 Å². The van der Waals surface area contributed by atoms with Crippen LogP contribution in [0.3, 0.4) is 0 Å². The molecule has 0 aromatic heterocycles. The van der Waals surface area contributed by atoms with Crippen molar-refractivity contribution in [1.82, 2.24) is 24.5 Å². The Morgan fingerprint density at radius 2 is 1.03 bits per heavy atom. The third-order valence-electron chi connectivity index (χ3n) is 11.2. The highest BCUT2D eigenvalue weighted by Gasteiger charge is 2.49. The van der Waals surface area contributed by atoms with Crippen LogP contribution in [0, 0.1) is 36.5 Å². The predicted molar refractivity (Wildman–Crippen MR) is 269 cm³/mol. The second-order valence-corrected chi connectivity index (χ2v) is 22.7. The summed E-state index contributed by atoms with van der Waals surface area (Å²) in [5.41, 5.74) is 3.40. The van der Waals surface area contributed by atoms with E-state index in [0.29, 0.717) is 12.3 Å². The van der Waals surface area contributed by atoms with Gasteiger partial charge in [0.15, 0.2) is 0 Å². The molecule has 0 bridgehead atoms. The van der Waals surface area contributed by atoms with Crippen LogP contribution in [0.4, 0.5) is 0 Å². The van der Waals surface area contributed by atoms with Crippen molar-refractivity contribution < 1.29 is 47.9 Å². The van der Waals surface area contributed by atoms with Crippen LogP contribution >= 0.6 is 0 Å². The Kier molecular flexibility index (Phi) is 26.8. The molecule has 4 aliphatic heterocycles. The molecule has 3 aromatic carbocycles. The summed E-state index contributed by atoms with van der Waals surface area (Å²) in [7, 11) is 6.63. The van der Waals surface area contributed by atoms with Gasteiger partial charge in [-0.2, -0.15) is 0 Å². The normalized spacial score (nSPS) is 21.6. The first-order chi connectivity index (χ1) is 30.8. The lowest BCUT2D eigenvalue weighted by Gasteiger charge is -2.26. The first kappa shape index (κ1) is 58.7. The summed E-state index contributed by atoms with van der Waals surface area (Å²) >= 11 is 0. The Labute approximate surface area is 417 Å². The minimum absolute atomic E-state index is 0. The molecule has 4 saturated heterocycles. The molecule has 5 aliphatic rings.